The predicted octanol–water partition coefficient (Wildman–Crippen LogP) is 14.4. The molecule has 1 aromatic heterocycles. The summed E-state index contributed by atoms with van der Waals surface area (Å²) < 4.78 is 6.13. The zero-order valence-electron chi connectivity index (χ0n) is 29.8. The minimum atomic E-state index is -0.0779. The molecular formula is C51H37NO. The minimum Gasteiger partial charge on any atom is -0.456 e. The van der Waals surface area contributed by atoms with Gasteiger partial charge in [0.2, 0.25) is 0 Å². The standard InChI is InChI=1S/C51H37NO/c1-51(2)45-19-9-6-17-43(45)50-42(18-12-20-46(50)51)40-15-7-10-21-47(40)52(38-28-23-35(24-29-38)34-13-4-3-5-14-34)39-30-25-36(26-31-39)37-27-32-49-44(33-37)41-16-8-11-22-48(41)53-49/h3-33H,1-2H3. The molecule has 1 aliphatic carbocycles. The molecule has 0 unspecified atom stereocenters. The lowest BCUT2D eigenvalue weighted by Gasteiger charge is -2.29. The first-order chi connectivity index (χ1) is 26.0. The van der Waals surface area contributed by atoms with E-state index in [1.54, 1.807) is 0 Å². The van der Waals surface area contributed by atoms with E-state index in [0.29, 0.717) is 0 Å². The number of nitrogens with zero attached hydrogens (tertiary/aromatic N) is 1. The van der Waals surface area contributed by atoms with Crippen molar-refractivity contribution in [1.82, 2.24) is 0 Å². The zero-order chi connectivity index (χ0) is 35.5. The highest BCUT2D eigenvalue weighted by Gasteiger charge is 2.37. The summed E-state index contributed by atoms with van der Waals surface area (Å²) in [7, 11) is 0. The Bertz CT molecular complexity index is 2790. The van der Waals surface area contributed by atoms with Crippen molar-refractivity contribution in [2.75, 3.05) is 4.90 Å². The topological polar surface area (TPSA) is 16.4 Å². The summed E-state index contributed by atoms with van der Waals surface area (Å²) in [5, 5.41) is 2.28. The first-order valence-corrected chi connectivity index (χ1v) is 18.3. The molecule has 0 spiro atoms. The van der Waals surface area contributed by atoms with E-state index in [1.165, 1.54) is 44.5 Å². The smallest absolute Gasteiger partial charge is 0.135 e. The van der Waals surface area contributed by atoms with Crippen LogP contribution in [0.25, 0.3) is 66.4 Å². The lowest BCUT2D eigenvalue weighted by Crippen LogP contribution is -2.14. The largest absolute Gasteiger partial charge is 0.456 e. The first kappa shape index (κ1) is 31.1. The summed E-state index contributed by atoms with van der Waals surface area (Å²) in [5.74, 6) is 0. The summed E-state index contributed by atoms with van der Waals surface area (Å²) in [6.07, 6.45) is 0. The molecule has 0 fully saturated rings. The van der Waals surface area contributed by atoms with Crippen molar-refractivity contribution < 1.29 is 4.42 Å². The van der Waals surface area contributed by atoms with Crippen LogP contribution in [0, 0.1) is 0 Å². The maximum atomic E-state index is 6.13. The molecule has 53 heavy (non-hydrogen) atoms. The average molecular weight is 680 g/mol. The van der Waals surface area contributed by atoms with Crippen LogP contribution in [0.2, 0.25) is 0 Å². The highest BCUT2D eigenvalue weighted by atomic mass is 16.3. The lowest BCUT2D eigenvalue weighted by atomic mass is 9.82. The van der Waals surface area contributed by atoms with Gasteiger partial charge in [0.1, 0.15) is 11.2 Å². The summed E-state index contributed by atoms with van der Waals surface area (Å²) in [6.45, 7) is 4.70. The van der Waals surface area contributed by atoms with E-state index in [1.807, 2.05) is 12.1 Å². The molecule has 0 N–H and O–H groups in total. The third-order valence-electron chi connectivity index (χ3n) is 11.1. The third kappa shape index (κ3) is 5.10. The van der Waals surface area contributed by atoms with Gasteiger partial charge in [-0.2, -0.15) is 0 Å². The number of hydrogen-bond donors (Lipinski definition) is 0. The molecule has 2 heteroatoms. The predicted molar refractivity (Wildman–Crippen MR) is 222 cm³/mol. The van der Waals surface area contributed by atoms with E-state index in [9.17, 15) is 0 Å². The fourth-order valence-corrected chi connectivity index (χ4v) is 8.44. The average Bonchev–Trinajstić information content (AvgIpc) is 3.71. The van der Waals surface area contributed by atoms with E-state index < -0.39 is 0 Å². The number of para-hydroxylation sites is 2. The van der Waals surface area contributed by atoms with E-state index in [4.69, 9.17) is 4.42 Å². The van der Waals surface area contributed by atoms with Crippen molar-refractivity contribution in [3.63, 3.8) is 0 Å². The van der Waals surface area contributed by atoms with Crippen LogP contribution < -0.4 is 4.90 Å². The first-order valence-electron chi connectivity index (χ1n) is 18.3. The zero-order valence-corrected chi connectivity index (χ0v) is 29.8. The molecule has 1 aliphatic rings. The van der Waals surface area contributed by atoms with Gasteiger partial charge in [-0.25, -0.2) is 0 Å². The Kier molecular flexibility index (Phi) is 7.19. The van der Waals surface area contributed by atoms with Gasteiger partial charge in [0, 0.05) is 33.1 Å². The SMILES string of the molecule is CC1(C)c2ccccc2-c2c(-c3ccccc3N(c3ccc(-c4ccccc4)cc3)c3ccc(-c4ccc5oc6ccccc6c5c4)cc3)cccc21. The van der Waals surface area contributed by atoms with E-state index in [-0.39, 0.29) is 5.41 Å². The highest BCUT2D eigenvalue weighted by molar-refractivity contribution is 6.06. The van der Waals surface area contributed by atoms with E-state index in [2.05, 4.69) is 195 Å². The molecule has 0 aliphatic heterocycles. The third-order valence-corrected chi connectivity index (χ3v) is 11.1. The Labute approximate surface area is 310 Å². The van der Waals surface area contributed by atoms with Crippen LogP contribution in [-0.2, 0) is 5.41 Å². The highest BCUT2D eigenvalue weighted by Crippen LogP contribution is 2.53. The maximum absolute atomic E-state index is 6.13. The van der Waals surface area contributed by atoms with Crippen molar-refractivity contribution in [2.24, 2.45) is 0 Å². The molecular weight excluding hydrogens is 643 g/mol. The molecule has 252 valence electrons. The number of fused-ring (bicyclic) bond motifs is 6. The van der Waals surface area contributed by atoms with Gasteiger partial charge < -0.3 is 9.32 Å². The lowest BCUT2D eigenvalue weighted by molar-refractivity contribution is 0.660. The summed E-state index contributed by atoms with van der Waals surface area (Å²) >= 11 is 0. The summed E-state index contributed by atoms with van der Waals surface area (Å²) in [5.41, 5.74) is 17.7. The number of rotatable bonds is 6. The second-order valence-corrected chi connectivity index (χ2v) is 14.5. The van der Waals surface area contributed by atoms with Crippen LogP contribution in [0.1, 0.15) is 25.0 Å². The molecule has 0 saturated heterocycles. The normalized spacial score (nSPS) is 12.9. The molecule has 0 amide bonds. The molecule has 9 aromatic rings. The number of anilines is 3. The van der Waals surface area contributed by atoms with Gasteiger partial charge >= 0.3 is 0 Å². The summed E-state index contributed by atoms with van der Waals surface area (Å²) in [6, 6.07) is 67.9. The van der Waals surface area contributed by atoms with Gasteiger partial charge in [0.15, 0.2) is 0 Å². The van der Waals surface area contributed by atoms with Crippen LogP contribution in [0.3, 0.4) is 0 Å². The van der Waals surface area contributed by atoms with E-state index >= 15 is 0 Å². The minimum absolute atomic E-state index is 0.0779. The Hall–Kier alpha value is -6.64. The van der Waals surface area contributed by atoms with Gasteiger partial charge in [-0.15, -0.1) is 0 Å². The fourth-order valence-electron chi connectivity index (χ4n) is 8.44. The quantitative estimate of drug-likeness (QED) is 0.174. The van der Waals surface area contributed by atoms with Crippen molar-refractivity contribution in [3.8, 4) is 44.5 Å². The van der Waals surface area contributed by atoms with Crippen LogP contribution >= 0.6 is 0 Å². The molecule has 10 rings (SSSR count). The second kappa shape index (κ2) is 12.3. The number of hydrogen-bond acceptors (Lipinski definition) is 2. The van der Waals surface area contributed by atoms with Crippen molar-refractivity contribution in [2.45, 2.75) is 19.3 Å². The van der Waals surface area contributed by atoms with Crippen LogP contribution in [0.5, 0.6) is 0 Å². The molecule has 0 saturated carbocycles. The molecule has 2 nitrogen and oxygen atoms in total. The fraction of sp³-hybridized carbons (Fsp3) is 0.0588. The molecule has 0 atom stereocenters. The Morgan fingerprint density at radius 3 is 1.72 bits per heavy atom. The van der Waals surface area contributed by atoms with Crippen molar-refractivity contribution in [3.05, 3.63) is 199 Å². The monoisotopic (exact) mass is 679 g/mol. The van der Waals surface area contributed by atoms with Gasteiger partial charge in [-0.3, -0.25) is 0 Å². The molecule has 1 heterocycles. The van der Waals surface area contributed by atoms with Crippen molar-refractivity contribution >= 4 is 39.0 Å². The van der Waals surface area contributed by atoms with E-state index in [0.717, 1.165) is 50.1 Å². The summed E-state index contributed by atoms with van der Waals surface area (Å²) in [4.78, 5) is 2.41. The molecule has 0 bridgehead atoms. The Morgan fingerprint density at radius 2 is 0.943 bits per heavy atom. The van der Waals surface area contributed by atoms with Crippen molar-refractivity contribution in [1.29, 1.82) is 0 Å². The van der Waals surface area contributed by atoms with Gasteiger partial charge in [-0.05, 0) is 98.6 Å². The Morgan fingerprint density at radius 1 is 0.396 bits per heavy atom. The number of benzene rings is 8. The second-order valence-electron chi connectivity index (χ2n) is 14.5. The molecule has 8 aromatic carbocycles. The maximum Gasteiger partial charge on any atom is 0.135 e. The van der Waals surface area contributed by atoms with Crippen LogP contribution in [0.15, 0.2) is 192 Å². The van der Waals surface area contributed by atoms with Crippen LogP contribution in [-0.4, -0.2) is 0 Å². The van der Waals surface area contributed by atoms with Gasteiger partial charge in [0.05, 0.1) is 5.69 Å². The molecule has 0 radical (unpaired) electrons. The van der Waals surface area contributed by atoms with Crippen LogP contribution in [0.4, 0.5) is 17.1 Å². The Balaban J connectivity index is 1.12. The van der Waals surface area contributed by atoms with Gasteiger partial charge in [0.25, 0.3) is 0 Å². The van der Waals surface area contributed by atoms with Gasteiger partial charge in [-0.1, -0.05) is 153 Å². The number of furan rings is 1.